The third-order valence-electron chi connectivity index (χ3n) is 11.2. The Morgan fingerprint density at radius 1 is 0.711 bits per heavy atom. The van der Waals surface area contributed by atoms with Crippen molar-refractivity contribution in [1.82, 2.24) is 0 Å². The first-order chi connectivity index (χ1) is 21.7. The molecule has 1 aliphatic heterocycles. The Labute approximate surface area is 275 Å². The van der Waals surface area contributed by atoms with Crippen molar-refractivity contribution >= 4 is 19.4 Å². The van der Waals surface area contributed by atoms with Crippen LogP contribution < -0.4 is 18.7 Å². The summed E-state index contributed by atoms with van der Waals surface area (Å²) >= 11 is 0.312. The molecule has 4 aromatic carbocycles. The number of hydrogen-bond acceptors (Lipinski definition) is 3. The van der Waals surface area contributed by atoms with Gasteiger partial charge < -0.3 is 0 Å². The van der Waals surface area contributed by atoms with E-state index in [-0.39, 0.29) is 11.0 Å². The summed E-state index contributed by atoms with van der Waals surface area (Å²) in [6.07, 6.45) is 6.14. The molecular formula is C41H46O3Se. The van der Waals surface area contributed by atoms with Gasteiger partial charge in [0.2, 0.25) is 0 Å². The third-order valence-corrected chi connectivity index (χ3v) is 14.4. The molecule has 45 heavy (non-hydrogen) atoms. The fraction of sp³-hybridized carbons (Fsp3) is 0.415. The van der Waals surface area contributed by atoms with E-state index in [9.17, 15) is 0 Å². The van der Waals surface area contributed by atoms with Gasteiger partial charge in [-0.25, -0.2) is 0 Å². The molecule has 0 N–H and O–H groups in total. The van der Waals surface area contributed by atoms with Gasteiger partial charge in [0.25, 0.3) is 0 Å². The molecule has 0 saturated heterocycles. The van der Waals surface area contributed by atoms with Crippen molar-refractivity contribution in [2.24, 2.45) is 22.7 Å². The number of benzene rings is 4. The fourth-order valence-corrected chi connectivity index (χ4v) is 11.8. The molecule has 5 atom stereocenters. The SMILES string of the molecule is CC1(C)CCC[C@@]2(C)C1C[C@@H]([Se]c1ccccc1)[C@]1(C)Oc3cc(OCc4ccccc4)c(OCc4ccccc4)cc3C[C@@H]12. The Morgan fingerprint density at radius 3 is 1.91 bits per heavy atom. The van der Waals surface area contributed by atoms with Crippen molar-refractivity contribution in [3.8, 4) is 17.2 Å². The van der Waals surface area contributed by atoms with Gasteiger partial charge in [-0.05, 0) is 0 Å². The molecule has 1 unspecified atom stereocenters. The molecular weight excluding hydrogens is 619 g/mol. The monoisotopic (exact) mass is 666 g/mol. The van der Waals surface area contributed by atoms with E-state index in [0.717, 1.165) is 34.8 Å². The van der Waals surface area contributed by atoms with Gasteiger partial charge in [-0.2, -0.15) is 0 Å². The maximum absolute atomic E-state index is 7.38. The van der Waals surface area contributed by atoms with Crippen LogP contribution in [0.15, 0.2) is 103 Å². The zero-order valence-electron chi connectivity index (χ0n) is 27.1. The predicted molar refractivity (Wildman–Crippen MR) is 184 cm³/mol. The van der Waals surface area contributed by atoms with Crippen LogP contribution in [0.5, 0.6) is 17.2 Å². The van der Waals surface area contributed by atoms with Gasteiger partial charge in [0.15, 0.2) is 0 Å². The van der Waals surface area contributed by atoms with Gasteiger partial charge in [-0.1, -0.05) is 6.07 Å². The van der Waals surface area contributed by atoms with Crippen LogP contribution in [0.25, 0.3) is 0 Å². The second-order valence-corrected chi connectivity index (χ2v) is 17.2. The van der Waals surface area contributed by atoms with Gasteiger partial charge >= 0.3 is 271 Å². The Kier molecular flexibility index (Phi) is 8.25. The maximum atomic E-state index is 7.38. The number of hydrogen-bond donors (Lipinski definition) is 0. The molecule has 3 nitrogen and oxygen atoms in total. The van der Waals surface area contributed by atoms with Gasteiger partial charge in [0, 0.05) is 0 Å². The molecule has 7 rings (SSSR count). The fourth-order valence-electron chi connectivity index (χ4n) is 8.89. The van der Waals surface area contributed by atoms with E-state index in [1.807, 2.05) is 12.1 Å². The van der Waals surface area contributed by atoms with Crippen LogP contribution in [-0.4, -0.2) is 20.6 Å². The van der Waals surface area contributed by atoms with E-state index in [1.165, 1.54) is 35.7 Å². The minimum absolute atomic E-state index is 0.227. The first kappa shape index (κ1) is 30.5. The van der Waals surface area contributed by atoms with Crippen LogP contribution in [0, 0.1) is 22.7 Å². The van der Waals surface area contributed by atoms with Crippen LogP contribution >= 0.6 is 0 Å². The summed E-state index contributed by atoms with van der Waals surface area (Å²) in [5.74, 6) is 3.63. The molecule has 2 aliphatic carbocycles. The second-order valence-electron chi connectivity index (χ2n) is 14.6. The van der Waals surface area contributed by atoms with E-state index in [2.05, 4.69) is 119 Å². The zero-order chi connectivity index (χ0) is 31.1. The molecule has 4 aromatic rings. The molecule has 0 aromatic heterocycles. The summed E-state index contributed by atoms with van der Waals surface area (Å²) in [6.45, 7) is 11.1. The van der Waals surface area contributed by atoms with Crippen molar-refractivity contribution in [2.45, 2.75) is 83.4 Å². The Bertz CT molecular complexity index is 1600. The van der Waals surface area contributed by atoms with Crippen molar-refractivity contribution in [3.05, 3.63) is 120 Å². The van der Waals surface area contributed by atoms with Crippen LogP contribution in [-0.2, 0) is 19.6 Å². The van der Waals surface area contributed by atoms with Crippen LogP contribution in [0.2, 0.25) is 4.82 Å². The molecule has 2 fully saturated rings. The van der Waals surface area contributed by atoms with Gasteiger partial charge in [0.05, 0.1) is 0 Å². The Balaban J connectivity index is 1.27. The average molecular weight is 666 g/mol. The summed E-state index contributed by atoms with van der Waals surface area (Å²) in [7, 11) is 0. The molecule has 0 bridgehead atoms. The molecule has 0 spiro atoms. The summed E-state index contributed by atoms with van der Waals surface area (Å²) in [5.41, 5.74) is 3.85. The second kappa shape index (κ2) is 12.2. The van der Waals surface area contributed by atoms with E-state index in [0.29, 0.717) is 50.2 Å². The van der Waals surface area contributed by atoms with Crippen LogP contribution in [0.1, 0.15) is 70.1 Å². The van der Waals surface area contributed by atoms with Crippen LogP contribution in [0.4, 0.5) is 0 Å². The first-order valence-corrected chi connectivity index (χ1v) is 18.5. The molecule has 0 amide bonds. The topological polar surface area (TPSA) is 27.7 Å². The van der Waals surface area contributed by atoms with E-state index in [4.69, 9.17) is 14.2 Å². The normalized spacial score (nSPS) is 28.1. The van der Waals surface area contributed by atoms with Crippen LogP contribution in [0.3, 0.4) is 0 Å². The molecule has 4 heteroatoms. The predicted octanol–water partition coefficient (Wildman–Crippen LogP) is 9.21. The summed E-state index contributed by atoms with van der Waals surface area (Å²) in [5, 5.41) is 0. The molecule has 2 saturated carbocycles. The average Bonchev–Trinajstić information content (AvgIpc) is 3.04. The quantitative estimate of drug-likeness (QED) is 0.176. The van der Waals surface area contributed by atoms with E-state index >= 15 is 0 Å². The molecule has 234 valence electrons. The van der Waals surface area contributed by atoms with Gasteiger partial charge in [-0.15, -0.1) is 0 Å². The molecule has 0 radical (unpaired) electrons. The van der Waals surface area contributed by atoms with E-state index < -0.39 is 0 Å². The van der Waals surface area contributed by atoms with Crippen molar-refractivity contribution in [1.29, 1.82) is 0 Å². The molecule has 3 aliphatic rings. The summed E-state index contributed by atoms with van der Waals surface area (Å²) < 4.78 is 21.9. The van der Waals surface area contributed by atoms with Crippen molar-refractivity contribution in [3.63, 3.8) is 0 Å². The number of ether oxygens (including phenoxy) is 3. The van der Waals surface area contributed by atoms with Crippen molar-refractivity contribution < 1.29 is 14.2 Å². The van der Waals surface area contributed by atoms with Gasteiger partial charge in [0.1, 0.15) is 0 Å². The van der Waals surface area contributed by atoms with E-state index in [1.54, 1.807) is 0 Å². The van der Waals surface area contributed by atoms with Crippen molar-refractivity contribution in [2.75, 3.05) is 0 Å². The summed E-state index contributed by atoms with van der Waals surface area (Å²) in [4.78, 5) is 0.490. The third kappa shape index (κ3) is 5.93. The Hall–Kier alpha value is -3.20. The zero-order valence-corrected chi connectivity index (χ0v) is 28.8. The number of fused-ring (bicyclic) bond motifs is 4. The first-order valence-electron chi connectivity index (χ1n) is 16.7. The standard InChI is InChI=1S/C41H46O3Se/c1-39(2)21-14-22-40(3)36(39)26-38(45-32-19-12-7-13-20-32)41(4)37(40)24-31-23-34(42-27-29-15-8-5-9-16-29)35(25-33(31)44-41)43-28-30-17-10-6-11-18-30/h5-13,15-20,23,25,36-38H,14,21-22,24,26-28H2,1-4H3/t36?,37-,38-,40+,41-/m1/s1. The summed E-state index contributed by atoms with van der Waals surface area (Å²) in [6, 6.07) is 36.3. The van der Waals surface area contributed by atoms with Gasteiger partial charge in [-0.3, -0.25) is 0 Å². The molecule has 1 heterocycles. The Morgan fingerprint density at radius 2 is 1.29 bits per heavy atom. The minimum atomic E-state index is -0.245. The number of rotatable bonds is 8.